The number of aromatic nitrogens is 1. The van der Waals surface area contributed by atoms with Gasteiger partial charge in [-0.05, 0) is 31.4 Å². The number of aryl methyl sites for hydroxylation is 2. The van der Waals surface area contributed by atoms with E-state index in [1.54, 1.807) is 18.7 Å². The number of benzene rings is 2. The molecular formula is C23H27N3O4S. The lowest BCUT2D eigenvalue weighted by molar-refractivity contribution is -0.131. The summed E-state index contributed by atoms with van der Waals surface area (Å²) in [7, 11) is -2.50. The molecule has 0 spiro atoms. The van der Waals surface area contributed by atoms with E-state index in [4.69, 9.17) is 4.52 Å². The van der Waals surface area contributed by atoms with E-state index in [1.807, 2.05) is 60.7 Å². The zero-order valence-electron chi connectivity index (χ0n) is 18.0. The molecule has 1 aromatic heterocycles. The van der Waals surface area contributed by atoms with Crippen LogP contribution in [0.5, 0.6) is 0 Å². The third kappa shape index (κ3) is 5.59. The van der Waals surface area contributed by atoms with E-state index >= 15 is 0 Å². The fraction of sp³-hybridized carbons (Fsp3) is 0.304. The molecular weight excluding hydrogens is 414 g/mol. The number of amides is 1. The molecule has 0 saturated carbocycles. The number of hydrogen-bond acceptors (Lipinski definition) is 5. The predicted octanol–water partition coefficient (Wildman–Crippen LogP) is 3.18. The smallest absolute Gasteiger partial charge is 0.248 e. The molecule has 0 aliphatic carbocycles. The van der Waals surface area contributed by atoms with E-state index in [2.05, 4.69) is 5.16 Å². The highest BCUT2D eigenvalue weighted by molar-refractivity contribution is 7.89. The van der Waals surface area contributed by atoms with E-state index in [-0.39, 0.29) is 28.8 Å². The Kier molecular flexibility index (Phi) is 7.25. The van der Waals surface area contributed by atoms with Gasteiger partial charge in [-0.1, -0.05) is 65.8 Å². The van der Waals surface area contributed by atoms with Gasteiger partial charge in [0.15, 0.2) is 5.76 Å². The van der Waals surface area contributed by atoms with Crippen molar-refractivity contribution in [2.75, 3.05) is 20.1 Å². The number of sulfonamides is 1. The quantitative estimate of drug-likeness (QED) is 0.509. The summed E-state index contributed by atoms with van der Waals surface area (Å²) in [6.07, 6.45) is 0.680. The van der Waals surface area contributed by atoms with Crippen molar-refractivity contribution < 1.29 is 17.7 Å². The first-order valence-electron chi connectivity index (χ1n) is 10.0. The molecule has 1 heterocycles. The van der Waals surface area contributed by atoms with E-state index < -0.39 is 10.0 Å². The van der Waals surface area contributed by atoms with Crippen LogP contribution in [0.25, 0.3) is 0 Å². The summed E-state index contributed by atoms with van der Waals surface area (Å²) in [4.78, 5) is 14.9. The summed E-state index contributed by atoms with van der Waals surface area (Å²) in [5.74, 6) is -0.0559. The number of carbonyl (C=O) groups excluding carboxylic acids is 1. The third-order valence-electron chi connectivity index (χ3n) is 5.08. The van der Waals surface area contributed by atoms with Gasteiger partial charge < -0.3 is 9.42 Å². The van der Waals surface area contributed by atoms with Gasteiger partial charge in [-0.15, -0.1) is 0 Å². The topological polar surface area (TPSA) is 83.7 Å². The molecule has 0 fully saturated rings. The molecule has 3 rings (SSSR count). The Labute approximate surface area is 183 Å². The summed E-state index contributed by atoms with van der Waals surface area (Å²) in [6.45, 7) is 3.74. The first-order valence-corrected chi connectivity index (χ1v) is 11.5. The van der Waals surface area contributed by atoms with Crippen LogP contribution in [0.3, 0.4) is 0 Å². The van der Waals surface area contributed by atoms with Crippen LogP contribution < -0.4 is 0 Å². The maximum Gasteiger partial charge on any atom is 0.248 e. The molecule has 0 saturated heterocycles. The highest BCUT2D eigenvalue weighted by Gasteiger charge is 2.30. The molecule has 164 valence electrons. The molecule has 0 bridgehead atoms. The predicted molar refractivity (Wildman–Crippen MR) is 118 cm³/mol. The summed E-state index contributed by atoms with van der Waals surface area (Å²) >= 11 is 0. The van der Waals surface area contributed by atoms with Crippen LogP contribution in [-0.2, 0) is 27.8 Å². The van der Waals surface area contributed by atoms with Crippen molar-refractivity contribution in [2.24, 2.45) is 0 Å². The standard InChI is InChI=1S/C23H27N3O4S/c1-18-23(19(2)30-24-18)31(28,29)25(3)17-22(27)26(16-21-12-8-5-9-13-21)15-14-20-10-6-4-7-11-20/h4-13H,14-17H2,1-3H3. The van der Waals surface area contributed by atoms with Crippen molar-refractivity contribution in [1.82, 2.24) is 14.4 Å². The Morgan fingerprint density at radius 2 is 1.55 bits per heavy atom. The largest absolute Gasteiger partial charge is 0.360 e. The molecule has 1 amide bonds. The van der Waals surface area contributed by atoms with E-state index in [1.165, 1.54) is 7.05 Å². The minimum absolute atomic E-state index is 0.0155. The second kappa shape index (κ2) is 9.89. The maximum atomic E-state index is 13.1. The van der Waals surface area contributed by atoms with Crippen LogP contribution in [0.1, 0.15) is 22.6 Å². The molecule has 0 radical (unpaired) electrons. The number of likely N-dealkylation sites (N-methyl/N-ethyl adjacent to an activating group) is 1. The molecule has 0 unspecified atom stereocenters. The van der Waals surface area contributed by atoms with E-state index in [0.29, 0.717) is 19.5 Å². The van der Waals surface area contributed by atoms with Crippen LogP contribution in [0.4, 0.5) is 0 Å². The van der Waals surface area contributed by atoms with Gasteiger partial charge in [0.2, 0.25) is 15.9 Å². The fourth-order valence-corrected chi connectivity index (χ4v) is 4.78. The normalized spacial score (nSPS) is 11.6. The summed E-state index contributed by atoms with van der Waals surface area (Å²) < 4.78 is 32.0. The molecule has 3 aromatic rings. The van der Waals surface area contributed by atoms with Gasteiger partial charge in [-0.3, -0.25) is 4.79 Å². The Hall–Kier alpha value is -2.97. The molecule has 0 aliphatic rings. The van der Waals surface area contributed by atoms with Crippen LogP contribution in [0.15, 0.2) is 70.1 Å². The fourth-order valence-electron chi connectivity index (χ4n) is 3.38. The Balaban J connectivity index is 1.76. The van der Waals surface area contributed by atoms with Crippen molar-refractivity contribution >= 4 is 15.9 Å². The van der Waals surface area contributed by atoms with Crippen LogP contribution in [-0.4, -0.2) is 48.8 Å². The second-order valence-electron chi connectivity index (χ2n) is 7.45. The Morgan fingerprint density at radius 1 is 0.968 bits per heavy atom. The first kappa shape index (κ1) is 22.7. The molecule has 8 heteroatoms. The minimum atomic E-state index is -3.90. The first-order chi connectivity index (χ1) is 14.8. The van der Waals surface area contributed by atoms with Crippen molar-refractivity contribution in [3.05, 3.63) is 83.2 Å². The van der Waals surface area contributed by atoms with Crippen molar-refractivity contribution in [2.45, 2.75) is 31.7 Å². The van der Waals surface area contributed by atoms with E-state index in [0.717, 1.165) is 15.4 Å². The highest BCUT2D eigenvalue weighted by Crippen LogP contribution is 2.22. The van der Waals surface area contributed by atoms with Gasteiger partial charge in [0.1, 0.15) is 10.6 Å². The molecule has 0 atom stereocenters. The summed E-state index contributed by atoms with van der Waals surface area (Å²) in [6, 6.07) is 19.6. The maximum absolute atomic E-state index is 13.1. The lowest BCUT2D eigenvalue weighted by Crippen LogP contribution is -2.41. The van der Waals surface area contributed by atoms with Crippen LogP contribution in [0.2, 0.25) is 0 Å². The Morgan fingerprint density at radius 3 is 2.10 bits per heavy atom. The third-order valence-corrected chi connectivity index (χ3v) is 7.12. The van der Waals surface area contributed by atoms with Crippen molar-refractivity contribution in [1.29, 1.82) is 0 Å². The molecule has 7 nitrogen and oxygen atoms in total. The monoisotopic (exact) mass is 441 g/mol. The number of nitrogens with zero attached hydrogens (tertiary/aromatic N) is 3. The van der Waals surface area contributed by atoms with Gasteiger partial charge in [0, 0.05) is 20.1 Å². The van der Waals surface area contributed by atoms with Crippen molar-refractivity contribution in [3.63, 3.8) is 0 Å². The number of rotatable bonds is 9. The summed E-state index contributed by atoms with van der Waals surface area (Å²) in [5.41, 5.74) is 2.38. The van der Waals surface area contributed by atoms with Gasteiger partial charge >= 0.3 is 0 Å². The van der Waals surface area contributed by atoms with Crippen LogP contribution >= 0.6 is 0 Å². The molecule has 2 aromatic carbocycles. The Bertz CT molecular complexity index is 1090. The highest BCUT2D eigenvalue weighted by atomic mass is 32.2. The lowest BCUT2D eigenvalue weighted by atomic mass is 10.1. The average molecular weight is 442 g/mol. The van der Waals surface area contributed by atoms with Crippen LogP contribution in [0, 0.1) is 13.8 Å². The average Bonchev–Trinajstić information content (AvgIpc) is 3.11. The van der Waals surface area contributed by atoms with E-state index in [9.17, 15) is 13.2 Å². The molecule has 0 aliphatic heterocycles. The summed E-state index contributed by atoms with van der Waals surface area (Å²) in [5, 5.41) is 3.72. The molecule has 0 N–H and O–H groups in total. The van der Waals surface area contributed by atoms with Gasteiger partial charge in [0.05, 0.1) is 6.54 Å². The lowest BCUT2D eigenvalue weighted by Gasteiger charge is -2.25. The SMILES string of the molecule is Cc1noc(C)c1S(=O)(=O)N(C)CC(=O)N(CCc1ccccc1)Cc1ccccc1. The van der Waals surface area contributed by atoms with Crippen molar-refractivity contribution in [3.8, 4) is 0 Å². The zero-order valence-corrected chi connectivity index (χ0v) is 18.8. The zero-order chi connectivity index (χ0) is 22.4. The number of hydrogen-bond donors (Lipinski definition) is 0. The minimum Gasteiger partial charge on any atom is -0.360 e. The van der Waals surface area contributed by atoms with Gasteiger partial charge in [-0.25, -0.2) is 8.42 Å². The second-order valence-corrected chi connectivity index (χ2v) is 9.43. The van der Waals surface area contributed by atoms with Gasteiger partial charge in [0.25, 0.3) is 0 Å². The number of carbonyl (C=O) groups is 1. The van der Waals surface area contributed by atoms with Gasteiger partial charge in [-0.2, -0.15) is 4.31 Å². The molecule has 31 heavy (non-hydrogen) atoms.